The van der Waals surface area contributed by atoms with Gasteiger partial charge in [0.1, 0.15) is 11.4 Å². The van der Waals surface area contributed by atoms with Crippen molar-refractivity contribution >= 4 is 46.7 Å². The van der Waals surface area contributed by atoms with Crippen molar-refractivity contribution in [2.75, 3.05) is 22.4 Å². The number of rotatable bonds is 11. The topological polar surface area (TPSA) is 126 Å². The summed E-state index contributed by atoms with van der Waals surface area (Å²) >= 11 is 0. The van der Waals surface area contributed by atoms with E-state index >= 15 is 0 Å². The van der Waals surface area contributed by atoms with Crippen LogP contribution in [0.25, 0.3) is 11.0 Å². The fourth-order valence-electron chi connectivity index (χ4n) is 3.52. The number of carbonyl (C=O) groups is 1. The molecule has 0 unspecified atom stereocenters. The van der Waals surface area contributed by atoms with Gasteiger partial charge in [-0.05, 0) is 55.6 Å². The summed E-state index contributed by atoms with van der Waals surface area (Å²) in [6, 6.07) is 3.40. The number of benzene rings is 1. The molecule has 0 bridgehead atoms. The molecule has 13 heteroatoms. The summed E-state index contributed by atoms with van der Waals surface area (Å²) in [7, 11) is -5.70. The molecule has 0 aliphatic carbocycles. The van der Waals surface area contributed by atoms with E-state index in [9.17, 15) is 22.0 Å². The molecule has 0 atom stereocenters. The Labute approximate surface area is 223 Å². The van der Waals surface area contributed by atoms with Crippen molar-refractivity contribution in [2.45, 2.75) is 65.1 Å². The lowest BCUT2D eigenvalue weighted by Gasteiger charge is -2.36. The Balaban J connectivity index is 1.75. The first-order valence-corrected chi connectivity index (χ1v) is 17.0. The number of sulfonamides is 1. The second-order valence-corrected chi connectivity index (χ2v) is 17.3. The van der Waals surface area contributed by atoms with Gasteiger partial charge < -0.3 is 9.74 Å². The minimum atomic E-state index is -3.84. The molecule has 2 heterocycles. The van der Waals surface area contributed by atoms with Crippen LogP contribution in [0.1, 0.15) is 56.6 Å². The van der Waals surface area contributed by atoms with Crippen LogP contribution in [0.5, 0.6) is 0 Å². The number of amides is 1. The largest absolute Gasteiger partial charge is 0.417 e. The zero-order chi connectivity index (χ0) is 28.3. The van der Waals surface area contributed by atoms with Crippen molar-refractivity contribution in [3.63, 3.8) is 0 Å². The second-order valence-electron chi connectivity index (χ2n) is 10.7. The van der Waals surface area contributed by atoms with Crippen LogP contribution < -0.4 is 10.0 Å². The first-order chi connectivity index (χ1) is 17.6. The third-order valence-corrected chi connectivity index (χ3v) is 12.7. The van der Waals surface area contributed by atoms with Crippen LogP contribution >= 0.6 is 0 Å². The lowest BCUT2D eigenvalue weighted by Crippen LogP contribution is -2.41. The predicted molar refractivity (Wildman–Crippen MR) is 147 cm³/mol. The van der Waals surface area contributed by atoms with Gasteiger partial charge in [-0.3, -0.25) is 14.6 Å². The highest BCUT2D eigenvalue weighted by molar-refractivity contribution is 7.92. The average Bonchev–Trinajstić information content (AvgIpc) is 3.20. The zero-order valence-electron chi connectivity index (χ0n) is 22.5. The van der Waals surface area contributed by atoms with Gasteiger partial charge >= 0.3 is 0 Å². The molecule has 0 aliphatic heterocycles. The van der Waals surface area contributed by atoms with E-state index in [1.807, 2.05) is 0 Å². The molecule has 208 valence electrons. The van der Waals surface area contributed by atoms with E-state index in [1.165, 1.54) is 6.20 Å². The monoisotopic (exact) mass is 567 g/mol. The Morgan fingerprint density at radius 3 is 2.58 bits per heavy atom. The maximum Gasteiger partial charge on any atom is 0.261 e. The third-order valence-electron chi connectivity index (χ3n) is 6.64. The van der Waals surface area contributed by atoms with Gasteiger partial charge in [0, 0.05) is 12.0 Å². The van der Waals surface area contributed by atoms with Crippen LogP contribution in [-0.4, -0.2) is 50.2 Å². The Morgan fingerprint density at radius 1 is 1.21 bits per heavy atom. The Hall–Kier alpha value is -2.90. The van der Waals surface area contributed by atoms with Crippen molar-refractivity contribution < 1.29 is 26.4 Å². The van der Waals surface area contributed by atoms with Gasteiger partial charge in [-0.25, -0.2) is 22.2 Å². The third kappa shape index (κ3) is 6.94. The van der Waals surface area contributed by atoms with E-state index in [1.54, 1.807) is 13.0 Å². The molecule has 0 aliphatic rings. The van der Waals surface area contributed by atoms with Crippen LogP contribution in [0, 0.1) is 11.6 Å². The molecule has 0 radical (unpaired) electrons. The number of aryl methyl sites for hydroxylation is 1. The van der Waals surface area contributed by atoms with Gasteiger partial charge in [-0.1, -0.05) is 27.7 Å². The number of nitrogens with zero attached hydrogens (tertiary/aromatic N) is 2. The minimum absolute atomic E-state index is 0.112. The van der Waals surface area contributed by atoms with Crippen LogP contribution in [-0.2, 0) is 20.9 Å². The maximum atomic E-state index is 15.0. The smallest absolute Gasteiger partial charge is 0.261 e. The standard InChI is InChI=1S/C25H35F2N5O4SSi/c1-7-13-37(34,35)32-20-11-10-18(26)21(22(20)27)24(33)29-16-14-17-19(30-31-23(17)28-15-16)9-8-12-36-38(5,6)25(2,3)4/h10-11,14-15,32H,7-9,12-13H2,1-6H3,(H,29,33)(H,28,30,31). The molecule has 0 fully saturated rings. The first-order valence-electron chi connectivity index (χ1n) is 12.4. The molecule has 0 spiro atoms. The number of nitrogens with one attached hydrogen (secondary N) is 3. The molecule has 1 amide bonds. The first kappa shape index (κ1) is 29.6. The zero-order valence-corrected chi connectivity index (χ0v) is 24.4. The van der Waals surface area contributed by atoms with Crippen LogP contribution in [0.4, 0.5) is 20.2 Å². The van der Waals surface area contributed by atoms with E-state index in [2.05, 4.69) is 59.1 Å². The summed E-state index contributed by atoms with van der Waals surface area (Å²) in [6.07, 6.45) is 2.99. The molecule has 9 nitrogen and oxygen atoms in total. The maximum absolute atomic E-state index is 15.0. The number of carbonyl (C=O) groups excluding carboxylic acids is 1. The fraction of sp³-hybridized carbons (Fsp3) is 0.480. The predicted octanol–water partition coefficient (Wildman–Crippen LogP) is 5.59. The number of aromatic amines is 1. The van der Waals surface area contributed by atoms with Crippen LogP contribution in [0.3, 0.4) is 0 Å². The van der Waals surface area contributed by atoms with Crippen molar-refractivity contribution in [3.8, 4) is 0 Å². The van der Waals surface area contributed by atoms with Crippen molar-refractivity contribution in [1.82, 2.24) is 15.2 Å². The Kier molecular flexibility index (Phi) is 8.94. The minimum Gasteiger partial charge on any atom is -0.417 e. The molecule has 2 aromatic heterocycles. The summed E-state index contributed by atoms with van der Waals surface area (Å²) in [6.45, 7) is 13.2. The normalized spacial score (nSPS) is 12.6. The summed E-state index contributed by atoms with van der Waals surface area (Å²) in [5.41, 5.74) is 0.0335. The molecule has 38 heavy (non-hydrogen) atoms. The Bertz CT molecular complexity index is 1420. The number of aromatic nitrogens is 3. The molecule has 0 saturated carbocycles. The number of hydrogen-bond donors (Lipinski definition) is 3. The summed E-state index contributed by atoms with van der Waals surface area (Å²) < 4.78 is 61.8. The van der Waals surface area contributed by atoms with E-state index < -0.39 is 47.1 Å². The van der Waals surface area contributed by atoms with Gasteiger partial charge in [0.15, 0.2) is 19.8 Å². The van der Waals surface area contributed by atoms with E-state index in [0.29, 0.717) is 30.5 Å². The van der Waals surface area contributed by atoms with Crippen molar-refractivity contribution in [2.24, 2.45) is 0 Å². The summed E-state index contributed by atoms with van der Waals surface area (Å²) in [4.78, 5) is 17.1. The Morgan fingerprint density at radius 2 is 1.92 bits per heavy atom. The molecule has 0 saturated heterocycles. The van der Waals surface area contributed by atoms with E-state index in [4.69, 9.17) is 4.43 Å². The van der Waals surface area contributed by atoms with Gasteiger partial charge in [0.05, 0.1) is 29.0 Å². The van der Waals surface area contributed by atoms with Gasteiger partial charge in [0.25, 0.3) is 5.91 Å². The fourth-order valence-corrected chi connectivity index (χ4v) is 5.74. The molecule has 1 aromatic carbocycles. The summed E-state index contributed by atoms with van der Waals surface area (Å²) in [5, 5.41) is 10.4. The van der Waals surface area contributed by atoms with Crippen molar-refractivity contribution in [1.29, 1.82) is 0 Å². The van der Waals surface area contributed by atoms with E-state index in [0.717, 1.165) is 24.2 Å². The van der Waals surface area contributed by atoms with Crippen LogP contribution in [0.15, 0.2) is 24.4 Å². The lowest BCUT2D eigenvalue weighted by molar-refractivity contribution is 0.101. The molecular formula is C25H35F2N5O4SSi. The lowest BCUT2D eigenvalue weighted by atomic mass is 10.1. The number of pyridine rings is 1. The van der Waals surface area contributed by atoms with Gasteiger partial charge in [-0.2, -0.15) is 5.10 Å². The molecule has 3 N–H and O–H groups in total. The second kappa shape index (κ2) is 11.5. The number of anilines is 2. The summed E-state index contributed by atoms with van der Waals surface area (Å²) in [5.74, 6) is -3.75. The average molecular weight is 568 g/mol. The highest BCUT2D eigenvalue weighted by Crippen LogP contribution is 2.36. The molecular weight excluding hydrogens is 532 g/mol. The quantitative estimate of drug-likeness (QED) is 0.205. The van der Waals surface area contributed by atoms with Crippen LogP contribution in [0.2, 0.25) is 18.1 Å². The van der Waals surface area contributed by atoms with E-state index in [-0.39, 0.29) is 16.5 Å². The molecule has 3 aromatic rings. The number of H-pyrrole nitrogens is 1. The highest BCUT2D eigenvalue weighted by atomic mass is 32.2. The highest BCUT2D eigenvalue weighted by Gasteiger charge is 2.36. The number of hydrogen-bond acceptors (Lipinski definition) is 6. The van der Waals surface area contributed by atoms with Gasteiger partial charge in [-0.15, -0.1) is 0 Å². The number of halogens is 2. The van der Waals surface area contributed by atoms with Gasteiger partial charge in [0.2, 0.25) is 10.0 Å². The molecule has 3 rings (SSSR count). The SMILES string of the molecule is CCCS(=O)(=O)Nc1ccc(F)c(C(=O)Nc2cnc3[nH]nc(CCCO[Si](C)(C)C(C)(C)C)c3c2)c1F. The van der Waals surface area contributed by atoms with Crippen molar-refractivity contribution in [3.05, 3.63) is 47.3 Å². The number of fused-ring (bicyclic) bond motifs is 1.